The topological polar surface area (TPSA) is 46.0 Å². The number of hydrogen-bond acceptors (Lipinski definition) is 3. The maximum Gasteiger partial charge on any atom is 0.164 e. The fourth-order valence-corrected chi connectivity index (χ4v) is 3.60. The van der Waals surface area contributed by atoms with Crippen molar-refractivity contribution in [3.8, 4) is 0 Å². The summed E-state index contributed by atoms with van der Waals surface area (Å²) in [6, 6.07) is 12.4. The minimum Gasteiger partial charge on any atom is -0.274 e. The molecule has 0 atom stereocenters. The lowest BCUT2D eigenvalue weighted by molar-refractivity contribution is 0.891. The van der Waals surface area contributed by atoms with Gasteiger partial charge in [-0.1, -0.05) is 42.5 Å². The predicted molar refractivity (Wildman–Crippen MR) is 99.1 cm³/mol. The maximum atomic E-state index is 5.76. The molecule has 0 unspecified atom stereocenters. The van der Waals surface area contributed by atoms with Gasteiger partial charge in [0.1, 0.15) is 4.64 Å². The van der Waals surface area contributed by atoms with E-state index in [2.05, 4.69) is 35.2 Å². The van der Waals surface area contributed by atoms with Gasteiger partial charge in [0.15, 0.2) is 11.3 Å². The Morgan fingerprint density at radius 2 is 1.83 bits per heavy atom. The molecule has 0 amide bonds. The lowest BCUT2D eigenvalue weighted by Gasteiger charge is -2.07. The summed E-state index contributed by atoms with van der Waals surface area (Å²) in [6.07, 6.45) is 0.780. The van der Waals surface area contributed by atoms with Crippen molar-refractivity contribution in [1.29, 1.82) is 0 Å². The van der Waals surface area contributed by atoms with Crippen molar-refractivity contribution in [3.05, 3.63) is 69.1 Å². The van der Waals surface area contributed by atoms with Gasteiger partial charge in [0.05, 0.1) is 5.39 Å². The molecule has 0 bridgehead atoms. The van der Waals surface area contributed by atoms with Crippen molar-refractivity contribution in [2.75, 3.05) is 0 Å². The average molecular weight is 334 g/mol. The molecular weight excluding hydrogens is 316 g/mol. The van der Waals surface area contributed by atoms with Crippen LogP contribution in [0.2, 0.25) is 0 Å². The van der Waals surface area contributed by atoms with Crippen molar-refractivity contribution in [1.82, 2.24) is 19.6 Å². The number of pyridine rings is 1. The zero-order valence-corrected chi connectivity index (χ0v) is 14.7. The number of nitrogens with zero attached hydrogens (tertiary/aromatic N) is 3. The van der Waals surface area contributed by atoms with Crippen molar-refractivity contribution in [3.63, 3.8) is 0 Å². The molecule has 0 aliphatic rings. The number of aryl methyl sites for hydroxylation is 3. The van der Waals surface area contributed by atoms with Crippen molar-refractivity contribution in [2.45, 2.75) is 27.2 Å². The Bertz CT molecular complexity index is 1120. The molecule has 0 aliphatic carbocycles. The van der Waals surface area contributed by atoms with E-state index in [4.69, 9.17) is 17.2 Å². The van der Waals surface area contributed by atoms with E-state index in [1.807, 2.05) is 36.6 Å². The largest absolute Gasteiger partial charge is 0.274 e. The van der Waals surface area contributed by atoms with E-state index in [1.54, 1.807) is 0 Å². The lowest BCUT2D eigenvalue weighted by Crippen LogP contribution is -2.03. The molecule has 0 saturated carbocycles. The van der Waals surface area contributed by atoms with Crippen LogP contribution in [0.1, 0.15) is 28.1 Å². The van der Waals surface area contributed by atoms with Crippen molar-refractivity contribution >= 4 is 28.9 Å². The van der Waals surface area contributed by atoms with E-state index in [-0.39, 0.29) is 0 Å². The van der Waals surface area contributed by atoms with E-state index in [1.165, 1.54) is 5.56 Å². The fraction of sp³-hybridized carbons (Fsp3) is 0.211. The standard InChI is InChI=1S/C19H18N4S/c1-11-9-12(2)20-17-16(11)18-21-13(3)15(19(24)23(18)22-17)10-14-7-5-4-6-8-14/h4-9H,10H2,1-3H3,(H,20,22). The zero-order valence-electron chi connectivity index (χ0n) is 13.9. The SMILES string of the molecule is Cc1cc(C)c2c(n1)[nH]n1c(=S)c(Cc3ccccc3)c(C)nc21. The molecule has 0 spiro atoms. The van der Waals surface area contributed by atoms with Gasteiger partial charge >= 0.3 is 0 Å². The maximum absolute atomic E-state index is 5.76. The summed E-state index contributed by atoms with van der Waals surface area (Å²) in [7, 11) is 0. The molecule has 3 heterocycles. The number of rotatable bonds is 2. The van der Waals surface area contributed by atoms with Gasteiger partial charge in [0, 0.05) is 23.4 Å². The molecule has 0 fully saturated rings. The molecular formula is C19H18N4S. The van der Waals surface area contributed by atoms with Crippen LogP contribution in [0.4, 0.5) is 0 Å². The van der Waals surface area contributed by atoms with Crippen LogP contribution in [-0.2, 0) is 6.42 Å². The molecule has 120 valence electrons. The number of nitrogens with one attached hydrogen (secondary N) is 1. The number of benzene rings is 1. The third-order valence-electron chi connectivity index (χ3n) is 4.39. The molecule has 0 aliphatic heterocycles. The smallest absolute Gasteiger partial charge is 0.164 e. The van der Waals surface area contributed by atoms with E-state index < -0.39 is 0 Å². The second-order valence-electron chi connectivity index (χ2n) is 6.22. The molecule has 5 heteroatoms. The lowest BCUT2D eigenvalue weighted by atomic mass is 10.1. The van der Waals surface area contributed by atoms with Gasteiger partial charge in [0.25, 0.3) is 0 Å². The van der Waals surface area contributed by atoms with Crippen LogP contribution in [0, 0.1) is 25.4 Å². The Labute approximate surface area is 145 Å². The van der Waals surface area contributed by atoms with Crippen LogP contribution in [0.25, 0.3) is 16.7 Å². The Morgan fingerprint density at radius 3 is 2.58 bits per heavy atom. The van der Waals surface area contributed by atoms with E-state index in [0.29, 0.717) is 0 Å². The van der Waals surface area contributed by atoms with Gasteiger partial charge in [0.2, 0.25) is 0 Å². The van der Waals surface area contributed by atoms with Gasteiger partial charge in [-0.15, -0.1) is 0 Å². The molecule has 0 radical (unpaired) electrons. The van der Waals surface area contributed by atoms with Gasteiger partial charge in [-0.3, -0.25) is 5.10 Å². The first kappa shape index (κ1) is 15.0. The third kappa shape index (κ3) is 2.32. The number of aromatic amines is 1. The highest BCUT2D eigenvalue weighted by atomic mass is 32.1. The fourth-order valence-electron chi connectivity index (χ4n) is 3.24. The summed E-state index contributed by atoms with van der Waals surface area (Å²) >= 11 is 5.76. The number of fused-ring (bicyclic) bond motifs is 3. The molecule has 24 heavy (non-hydrogen) atoms. The normalized spacial score (nSPS) is 11.5. The summed E-state index contributed by atoms with van der Waals surface area (Å²) in [6.45, 7) is 6.11. The van der Waals surface area contributed by atoms with Crippen LogP contribution < -0.4 is 0 Å². The Morgan fingerprint density at radius 1 is 1.08 bits per heavy atom. The average Bonchev–Trinajstić information content (AvgIpc) is 2.91. The first-order valence-electron chi connectivity index (χ1n) is 7.96. The second-order valence-corrected chi connectivity index (χ2v) is 6.60. The summed E-state index contributed by atoms with van der Waals surface area (Å²) in [5.41, 5.74) is 7.12. The molecule has 4 aromatic rings. The summed E-state index contributed by atoms with van der Waals surface area (Å²) in [4.78, 5) is 9.43. The quantitative estimate of drug-likeness (QED) is 0.551. The number of hydrogen-bond donors (Lipinski definition) is 1. The number of H-pyrrole nitrogens is 1. The predicted octanol–water partition coefficient (Wildman–Crippen LogP) is 4.46. The number of aromatic nitrogens is 4. The van der Waals surface area contributed by atoms with Crippen molar-refractivity contribution in [2.24, 2.45) is 0 Å². The molecule has 0 saturated heterocycles. The van der Waals surface area contributed by atoms with Crippen LogP contribution >= 0.6 is 12.2 Å². The highest BCUT2D eigenvalue weighted by Crippen LogP contribution is 2.24. The van der Waals surface area contributed by atoms with Crippen LogP contribution in [0.3, 0.4) is 0 Å². The summed E-state index contributed by atoms with van der Waals surface area (Å²) < 4.78 is 2.67. The van der Waals surface area contributed by atoms with Crippen LogP contribution in [-0.4, -0.2) is 19.6 Å². The first-order valence-corrected chi connectivity index (χ1v) is 8.37. The minimum atomic E-state index is 0.774. The van der Waals surface area contributed by atoms with Gasteiger partial charge in [-0.2, -0.15) is 0 Å². The Kier molecular flexibility index (Phi) is 3.46. The van der Waals surface area contributed by atoms with E-state index in [9.17, 15) is 0 Å². The zero-order chi connectivity index (χ0) is 16.8. The van der Waals surface area contributed by atoms with Gasteiger partial charge < -0.3 is 0 Å². The van der Waals surface area contributed by atoms with E-state index >= 15 is 0 Å². The van der Waals surface area contributed by atoms with Gasteiger partial charge in [-0.25, -0.2) is 14.5 Å². The monoisotopic (exact) mass is 334 g/mol. The van der Waals surface area contributed by atoms with Crippen LogP contribution in [0.5, 0.6) is 0 Å². The molecule has 1 aromatic carbocycles. The molecule has 4 rings (SSSR count). The molecule has 1 N–H and O–H groups in total. The van der Waals surface area contributed by atoms with Crippen LogP contribution in [0.15, 0.2) is 36.4 Å². The third-order valence-corrected chi connectivity index (χ3v) is 4.82. The summed E-state index contributed by atoms with van der Waals surface area (Å²) in [5.74, 6) is 0. The van der Waals surface area contributed by atoms with Crippen molar-refractivity contribution < 1.29 is 0 Å². The Hall–Kier alpha value is -2.53. The minimum absolute atomic E-state index is 0.774. The highest BCUT2D eigenvalue weighted by Gasteiger charge is 2.14. The highest BCUT2D eigenvalue weighted by molar-refractivity contribution is 7.71. The van der Waals surface area contributed by atoms with Gasteiger partial charge in [-0.05, 0) is 38.0 Å². The molecule has 3 aromatic heterocycles. The second kappa shape index (κ2) is 5.53. The molecule has 4 nitrogen and oxygen atoms in total. The Balaban J connectivity index is 1.99. The van der Waals surface area contributed by atoms with E-state index in [0.717, 1.165) is 50.3 Å². The summed E-state index contributed by atoms with van der Waals surface area (Å²) in [5, 5.41) is 4.36. The first-order chi connectivity index (χ1) is 11.5.